The lowest BCUT2D eigenvalue weighted by Crippen LogP contribution is -2.30. The van der Waals surface area contributed by atoms with Crippen LogP contribution >= 0.6 is 0 Å². The van der Waals surface area contributed by atoms with Crippen molar-refractivity contribution in [3.05, 3.63) is 109 Å². The van der Waals surface area contributed by atoms with Gasteiger partial charge >= 0.3 is 17.9 Å². The van der Waals surface area contributed by atoms with Crippen LogP contribution in [0.3, 0.4) is 0 Å². The highest BCUT2D eigenvalue weighted by atomic mass is 16.6. The van der Waals surface area contributed by atoms with Gasteiger partial charge in [-0.3, -0.25) is 14.4 Å². The van der Waals surface area contributed by atoms with Crippen LogP contribution in [0.5, 0.6) is 0 Å². The third kappa shape index (κ3) is 50.9. The van der Waals surface area contributed by atoms with E-state index in [0.29, 0.717) is 19.3 Å². The minimum absolute atomic E-state index is 0.104. The lowest BCUT2D eigenvalue weighted by molar-refractivity contribution is -0.167. The number of ether oxygens (including phenoxy) is 3. The molecule has 0 aliphatic heterocycles. The molecule has 0 aromatic carbocycles. The van der Waals surface area contributed by atoms with Crippen LogP contribution in [0, 0.1) is 0 Å². The van der Waals surface area contributed by atoms with Gasteiger partial charge in [-0.1, -0.05) is 214 Å². The maximum atomic E-state index is 12.8. The highest BCUT2D eigenvalue weighted by Crippen LogP contribution is 2.14. The number of unbranched alkanes of at least 4 members (excludes halogenated alkanes) is 17. The van der Waals surface area contributed by atoms with Crippen molar-refractivity contribution < 1.29 is 28.6 Å². The molecule has 0 heterocycles. The fourth-order valence-electron chi connectivity index (χ4n) is 6.87. The van der Waals surface area contributed by atoms with Crippen LogP contribution in [0.15, 0.2) is 109 Å². The molecule has 1 unspecified atom stereocenters. The minimum atomic E-state index is -0.811. The molecule has 0 amide bonds. The average molecular weight is 901 g/mol. The van der Waals surface area contributed by atoms with Gasteiger partial charge in [-0.2, -0.15) is 0 Å². The molecule has 0 aromatic heterocycles. The standard InChI is InChI=1S/C59H96O6/c1-4-7-10-13-16-19-22-25-26-27-28-29-30-31-32-35-37-40-43-46-49-52-58(61)64-55-56(65-59(62)53-50-47-44-41-38-34-24-21-18-15-12-9-6-3)54-63-57(60)51-48-45-42-39-36-33-23-20-17-14-11-8-5-2/h7,9-10,12,16,18-19,21,25-26,28-29,31-32,34,37-38,40,56H,4-6,8,11,13-15,17,20,22-24,27,30,33,35-36,39,41-55H2,1-3H3/b10-7-,12-9-,19-16-,21-18-,26-25-,29-28-,32-31-,38-34-,40-37-. The van der Waals surface area contributed by atoms with Crippen LogP contribution in [-0.4, -0.2) is 37.2 Å². The van der Waals surface area contributed by atoms with Gasteiger partial charge in [0.2, 0.25) is 0 Å². The summed E-state index contributed by atoms with van der Waals surface area (Å²) in [4.78, 5) is 38.0. The SMILES string of the molecule is CC/C=C\C/C=C\C/C=C\C/C=C\C/C=C\C/C=C\CCCCC(=O)OCC(COC(=O)CCCCCCCCCCCCCCC)OC(=O)CCCCC/C=C\C/C=C\C/C=C\CC. The van der Waals surface area contributed by atoms with Crippen LogP contribution in [0.1, 0.15) is 226 Å². The van der Waals surface area contributed by atoms with Crippen molar-refractivity contribution in [2.45, 2.75) is 232 Å². The van der Waals surface area contributed by atoms with Crippen LogP contribution in [0.2, 0.25) is 0 Å². The number of esters is 3. The van der Waals surface area contributed by atoms with Crippen molar-refractivity contribution in [1.29, 1.82) is 0 Å². The monoisotopic (exact) mass is 901 g/mol. The Kier molecular flexibility index (Phi) is 49.5. The van der Waals surface area contributed by atoms with Gasteiger partial charge in [-0.15, -0.1) is 0 Å². The van der Waals surface area contributed by atoms with E-state index < -0.39 is 6.10 Å². The highest BCUT2D eigenvalue weighted by Gasteiger charge is 2.19. The summed E-state index contributed by atoms with van der Waals surface area (Å²) in [6, 6.07) is 0. The van der Waals surface area contributed by atoms with Crippen molar-refractivity contribution in [1.82, 2.24) is 0 Å². The first-order valence-corrected chi connectivity index (χ1v) is 26.4. The molecule has 0 aliphatic rings. The zero-order chi connectivity index (χ0) is 47.2. The Morgan fingerprint density at radius 1 is 0.323 bits per heavy atom. The van der Waals surface area contributed by atoms with E-state index in [0.717, 1.165) is 116 Å². The Balaban J connectivity index is 4.48. The van der Waals surface area contributed by atoms with E-state index in [1.165, 1.54) is 64.2 Å². The first-order chi connectivity index (χ1) is 32.0. The molecule has 368 valence electrons. The van der Waals surface area contributed by atoms with E-state index in [-0.39, 0.29) is 37.5 Å². The van der Waals surface area contributed by atoms with Gasteiger partial charge in [0, 0.05) is 19.3 Å². The second-order valence-corrected chi connectivity index (χ2v) is 17.0. The Labute approximate surface area is 400 Å². The van der Waals surface area contributed by atoms with E-state index in [1.807, 2.05) is 0 Å². The van der Waals surface area contributed by atoms with Crippen molar-refractivity contribution in [3.63, 3.8) is 0 Å². The largest absolute Gasteiger partial charge is 0.462 e. The molecule has 6 heteroatoms. The number of allylic oxidation sites excluding steroid dienone is 18. The van der Waals surface area contributed by atoms with Crippen LogP contribution in [0.4, 0.5) is 0 Å². The quantitative estimate of drug-likeness (QED) is 0.0262. The molecule has 65 heavy (non-hydrogen) atoms. The molecule has 0 rings (SSSR count). The molecule has 1 atom stereocenters. The highest BCUT2D eigenvalue weighted by molar-refractivity contribution is 5.71. The summed E-state index contributed by atoms with van der Waals surface area (Å²) >= 11 is 0. The van der Waals surface area contributed by atoms with Crippen molar-refractivity contribution >= 4 is 17.9 Å². The fourth-order valence-corrected chi connectivity index (χ4v) is 6.87. The number of rotatable bonds is 46. The van der Waals surface area contributed by atoms with Gasteiger partial charge < -0.3 is 14.2 Å². The number of carbonyl (C=O) groups is 3. The van der Waals surface area contributed by atoms with E-state index in [1.54, 1.807) is 0 Å². The maximum Gasteiger partial charge on any atom is 0.306 e. The predicted molar refractivity (Wildman–Crippen MR) is 279 cm³/mol. The van der Waals surface area contributed by atoms with Crippen molar-refractivity contribution in [3.8, 4) is 0 Å². The minimum Gasteiger partial charge on any atom is -0.462 e. The summed E-state index contributed by atoms with van der Waals surface area (Å²) < 4.78 is 16.7. The molecule has 0 saturated heterocycles. The smallest absolute Gasteiger partial charge is 0.306 e. The average Bonchev–Trinajstić information content (AvgIpc) is 3.30. The lowest BCUT2D eigenvalue weighted by atomic mass is 10.0. The van der Waals surface area contributed by atoms with E-state index in [2.05, 4.69) is 130 Å². The Bertz CT molecular complexity index is 1360. The van der Waals surface area contributed by atoms with Gasteiger partial charge in [0.25, 0.3) is 0 Å². The molecule has 0 radical (unpaired) electrons. The molecule has 0 aliphatic carbocycles. The van der Waals surface area contributed by atoms with Gasteiger partial charge in [-0.25, -0.2) is 0 Å². The van der Waals surface area contributed by atoms with E-state index in [4.69, 9.17) is 14.2 Å². The second kappa shape index (κ2) is 52.7. The number of hydrogen-bond acceptors (Lipinski definition) is 6. The summed E-state index contributed by atoms with van der Waals surface area (Å²) in [5.74, 6) is -0.983. The molecule has 0 saturated carbocycles. The third-order valence-electron chi connectivity index (χ3n) is 10.8. The fraction of sp³-hybridized carbons (Fsp3) is 0.644. The summed E-state index contributed by atoms with van der Waals surface area (Å²) in [6.45, 7) is 6.34. The summed E-state index contributed by atoms with van der Waals surface area (Å²) in [5, 5.41) is 0. The molecule has 0 aromatic rings. The van der Waals surface area contributed by atoms with Gasteiger partial charge in [0.05, 0.1) is 0 Å². The van der Waals surface area contributed by atoms with Gasteiger partial charge in [0.15, 0.2) is 6.10 Å². The maximum absolute atomic E-state index is 12.8. The molecule has 0 spiro atoms. The van der Waals surface area contributed by atoms with E-state index in [9.17, 15) is 14.4 Å². The van der Waals surface area contributed by atoms with E-state index >= 15 is 0 Å². The van der Waals surface area contributed by atoms with Crippen LogP contribution in [0.25, 0.3) is 0 Å². The van der Waals surface area contributed by atoms with Gasteiger partial charge in [-0.05, 0) is 103 Å². The summed E-state index contributed by atoms with van der Waals surface area (Å²) in [5.41, 5.74) is 0. The van der Waals surface area contributed by atoms with Gasteiger partial charge in [0.1, 0.15) is 13.2 Å². The molecule has 0 bridgehead atoms. The molecule has 6 nitrogen and oxygen atoms in total. The molecule has 0 fully saturated rings. The predicted octanol–water partition coefficient (Wildman–Crippen LogP) is 17.5. The lowest BCUT2D eigenvalue weighted by Gasteiger charge is -2.18. The third-order valence-corrected chi connectivity index (χ3v) is 10.8. The topological polar surface area (TPSA) is 78.9 Å². The number of carbonyl (C=O) groups excluding carboxylic acids is 3. The van der Waals surface area contributed by atoms with Crippen molar-refractivity contribution in [2.75, 3.05) is 13.2 Å². The summed E-state index contributed by atoms with van der Waals surface area (Å²) in [6.07, 6.45) is 70.8. The normalized spacial score (nSPS) is 13.0. The molecular weight excluding hydrogens is 805 g/mol. The zero-order valence-electron chi connectivity index (χ0n) is 42.0. The van der Waals surface area contributed by atoms with Crippen molar-refractivity contribution in [2.24, 2.45) is 0 Å². The zero-order valence-corrected chi connectivity index (χ0v) is 42.0. The van der Waals surface area contributed by atoms with Crippen LogP contribution < -0.4 is 0 Å². The summed E-state index contributed by atoms with van der Waals surface area (Å²) in [7, 11) is 0. The first kappa shape index (κ1) is 61.1. The molecular formula is C59H96O6. The Hall–Kier alpha value is -3.93. The Morgan fingerprint density at radius 3 is 0.969 bits per heavy atom. The first-order valence-electron chi connectivity index (χ1n) is 26.4. The van der Waals surface area contributed by atoms with Crippen LogP contribution in [-0.2, 0) is 28.6 Å². The number of hydrogen-bond donors (Lipinski definition) is 0. The molecule has 0 N–H and O–H groups in total. The second-order valence-electron chi connectivity index (χ2n) is 17.0. The Morgan fingerprint density at radius 2 is 0.600 bits per heavy atom.